The molecule has 1 aliphatic rings. The Labute approximate surface area is 171 Å². The Kier molecular flexibility index (Phi) is 11.7. The Balaban J connectivity index is 0.00000576. The second kappa shape index (κ2) is 11.9. The predicted molar refractivity (Wildman–Crippen MR) is 117 cm³/mol. The lowest BCUT2D eigenvalue weighted by Crippen LogP contribution is -2.46. The van der Waals surface area contributed by atoms with E-state index < -0.39 is 0 Å². The minimum atomic E-state index is -0.223. The normalized spacial score (nSPS) is 18.8. The molecule has 0 aromatic rings. The monoisotopic (exact) mass is 467 g/mol. The van der Waals surface area contributed by atoms with Gasteiger partial charge in [0.2, 0.25) is 5.91 Å². The second-order valence-corrected chi connectivity index (χ2v) is 8.06. The molecule has 0 bridgehead atoms. The molecule has 0 aromatic carbocycles. The van der Waals surface area contributed by atoms with Crippen molar-refractivity contribution in [2.45, 2.75) is 66.0 Å². The summed E-state index contributed by atoms with van der Waals surface area (Å²) in [6.45, 7) is 16.6. The van der Waals surface area contributed by atoms with Gasteiger partial charge in [-0.05, 0) is 53.0 Å². The first-order chi connectivity index (χ1) is 11.2. The first-order valence-corrected chi connectivity index (χ1v) is 9.28. The molecule has 1 rings (SSSR count). The molecule has 1 saturated heterocycles. The van der Waals surface area contributed by atoms with E-state index in [1.54, 1.807) is 0 Å². The quantitative estimate of drug-likeness (QED) is 0.305. The fourth-order valence-corrected chi connectivity index (χ4v) is 3.00. The average Bonchev–Trinajstić information content (AvgIpc) is 2.86. The molecule has 0 spiro atoms. The van der Waals surface area contributed by atoms with Crippen molar-refractivity contribution in [2.75, 3.05) is 32.7 Å². The van der Waals surface area contributed by atoms with Crippen LogP contribution in [-0.4, -0.2) is 61.1 Å². The molecule has 7 heteroatoms. The smallest absolute Gasteiger partial charge is 0.242 e. The summed E-state index contributed by atoms with van der Waals surface area (Å²) in [7, 11) is 0. The molecule has 148 valence electrons. The minimum absolute atomic E-state index is 0. The molecule has 0 unspecified atom stereocenters. The highest BCUT2D eigenvalue weighted by Gasteiger charge is 2.24. The SMILES string of the molecule is CCNC(=NCC(=O)NC(C)(C)C)NC[C@H]1CCCN1CC(C)C.I. The van der Waals surface area contributed by atoms with Gasteiger partial charge in [-0.25, -0.2) is 4.99 Å². The zero-order chi connectivity index (χ0) is 18.2. The summed E-state index contributed by atoms with van der Waals surface area (Å²) in [5, 5.41) is 9.55. The van der Waals surface area contributed by atoms with E-state index in [0.29, 0.717) is 12.0 Å². The number of aliphatic imine (C=N–C) groups is 1. The van der Waals surface area contributed by atoms with Crippen LogP contribution in [0.1, 0.15) is 54.4 Å². The molecule has 0 aliphatic carbocycles. The lowest BCUT2D eigenvalue weighted by Gasteiger charge is -2.27. The number of carbonyl (C=O) groups is 1. The van der Waals surface area contributed by atoms with Crippen molar-refractivity contribution in [1.82, 2.24) is 20.9 Å². The van der Waals surface area contributed by atoms with Gasteiger partial charge in [0.1, 0.15) is 6.54 Å². The van der Waals surface area contributed by atoms with Crippen LogP contribution in [0.4, 0.5) is 0 Å². The maximum Gasteiger partial charge on any atom is 0.242 e. The van der Waals surface area contributed by atoms with E-state index >= 15 is 0 Å². The van der Waals surface area contributed by atoms with E-state index in [0.717, 1.165) is 25.6 Å². The van der Waals surface area contributed by atoms with Gasteiger partial charge in [-0.2, -0.15) is 0 Å². The Hall–Kier alpha value is -0.570. The summed E-state index contributed by atoms with van der Waals surface area (Å²) in [5.41, 5.74) is -0.223. The van der Waals surface area contributed by atoms with E-state index in [4.69, 9.17) is 0 Å². The highest BCUT2D eigenvalue weighted by molar-refractivity contribution is 14.0. The number of nitrogens with zero attached hydrogens (tertiary/aromatic N) is 2. The number of carbonyl (C=O) groups excluding carboxylic acids is 1. The summed E-state index contributed by atoms with van der Waals surface area (Å²) >= 11 is 0. The number of likely N-dealkylation sites (tertiary alicyclic amines) is 1. The topological polar surface area (TPSA) is 68.8 Å². The maximum absolute atomic E-state index is 11.9. The molecule has 6 nitrogen and oxygen atoms in total. The van der Waals surface area contributed by atoms with Crippen LogP contribution in [0, 0.1) is 5.92 Å². The van der Waals surface area contributed by atoms with Crippen molar-refractivity contribution < 1.29 is 4.79 Å². The first-order valence-electron chi connectivity index (χ1n) is 9.28. The number of hydrogen-bond acceptors (Lipinski definition) is 3. The van der Waals surface area contributed by atoms with Gasteiger partial charge in [-0.3, -0.25) is 9.69 Å². The van der Waals surface area contributed by atoms with E-state index in [1.807, 2.05) is 27.7 Å². The Bertz CT molecular complexity index is 420. The molecule has 0 saturated carbocycles. The molecule has 0 radical (unpaired) electrons. The third kappa shape index (κ3) is 10.9. The third-order valence-corrected chi connectivity index (χ3v) is 3.84. The summed E-state index contributed by atoms with van der Waals surface area (Å²) in [6.07, 6.45) is 2.49. The molecule has 1 atom stereocenters. The summed E-state index contributed by atoms with van der Waals surface area (Å²) in [4.78, 5) is 18.9. The van der Waals surface area contributed by atoms with Crippen LogP contribution >= 0.6 is 24.0 Å². The van der Waals surface area contributed by atoms with Gasteiger partial charge in [0, 0.05) is 31.2 Å². The average molecular weight is 467 g/mol. The lowest BCUT2D eigenvalue weighted by molar-refractivity contribution is -0.121. The van der Waals surface area contributed by atoms with Crippen LogP contribution in [0.15, 0.2) is 4.99 Å². The highest BCUT2D eigenvalue weighted by Crippen LogP contribution is 2.17. The van der Waals surface area contributed by atoms with Crippen LogP contribution in [-0.2, 0) is 4.79 Å². The van der Waals surface area contributed by atoms with Gasteiger partial charge >= 0.3 is 0 Å². The van der Waals surface area contributed by atoms with Crippen LogP contribution in [0.5, 0.6) is 0 Å². The van der Waals surface area contributed by atoms with E-state index in [-0.39, 0.29) is 42.0 Å². The van der Waals surface area contributed by atoms with Crippen molar-refractivity contribution in [3.8, 4) is 0 Å². The van der Waals surface area contributed by atoms with Crippen LogP contribution < -0.4 is 16.0 Å². The zero-order valence-electron chi connectivity index (χ0n) is 16.8. The second-order valence-electron chi connectivity index (χ2n) is 8.06. The number of amides is 1. The Morgan fingerprint density at radius 1 is 1.28 bits per heavy atom. The summed E-state index contributed by atoms with van der Waals surface area (Å²) in [6, 6.07) is 0.555. The summed E-state index contributed by atoms with van der Waals surface area (Å²) < 4.78 is 0. The standard InChI is InChI=1S/C18H37N5O.HI/c1-7-19-17(21-12-16(24)22-18(4,5)6)20-11-15-9-8-10-23(15)13-14(2)3;/h14-15H,7-13H2,1-6H3,(H,22,24)(H2,19,20,21);1H/t15-;/m1./s1. The van der Waals surface area contributed by atoms with Crippen molar-refractivity contribution in [3.63, 3.8) is 0 Å². The molecule has 25 heavy (non-hydrogen) atoms. The van der Waals surface area contributed by atoms with E-state index in [9.17, 15) is 4.79 Å². The van der Waals surface area contributed by atoms with Crippen LogP contribution in [0.2, 0.25) is 0 Å². The predicted octanol–water partition coefficient (Wildman–Crippen LogP) is 2.19. The highest BCUT2D eigenvalue weighted by atomic mass is 127. The molecule has 1 heterocycles. The van der Waals surface area contributed by atoms with Crippen molar-refractivity contribution >= 4 is 35.8 Å². The van der Waals surface area contributed by atoms with Crippen LogP contribution in [0.3, 0.4) is 0 Å². The van der Waals surface area contributed by atoms with Gasteiger partial charge in [0.05, 0.1) is 0 Å². The fraction of sp³-hybridized carbons (Fsp3) is 0.889. The first kappa shape index (κ1) is 24.4. The van der Waals surface area contributed by atoms with Gasteiger partial charge in [-0.1, -0.05) is 13.8 Å². The van der Waals surface area contributed by atoms with Gasteiger partial charge in [0.15, 0.2) is 5.96 Å². The molecule has 1 amide bonds. The number of hydrogen-bond donors (Lipinski definition) is 3. The Morgan fingerprint density at radius 3 is 2.52 bits per heavy atom. The maximum atomic E-state index is 11.9. The van der Waals surface area contributed by atoms with Crippen LogP contribution in [0.25, 0.3) is 0 Å². The number of nitrogens with one attached hydrogen (secondary N) is 3. The lowest BCUT2D eigenvalue weighted by atomic mass is 10.1. The zero-order valence-corrected chi connectivity index (χ0v) is 19.1. The largest absolute Gasteiger partial charge is 0.357 e. The van der Waals surface area contributed by atoms with Gasteiger partial charge in [-0.15, -0.1) is 24.0 Å². The molecular formula is C18H38IN5O. The van der Waals surface area contributed by atoms with E-state index in [1.165, 1.54) is 19.4 Å². The third-order valence-electron chi connectivity index (χ3n) is 3.84. The molecule has 1 fully saturated rings. The molecule has 1 aliphatic heterocycles. The van der Waals surface area contributed by atoms with Crippen molar-refractivity contribution in [1.29, 1.82) is 0 Å². The van der Waals surface area contributed by atoms with Gasteiger partial charge in [0.25, 0.3) is 0 Å². The number of guanidine groups is 1. The Morgan fingerprint density at radius 2 is 1.96 bits per heavy atom. The number of rotatable bonds is 7. The molecular weight excluding hydrogens is 429 g/mol. The number of halogens is 1. The van der Waals surface area contributed by atoms with E-state index in [2.05, 4.69) is 39.7 Å². The fourth-order valence-electron chi connectivity index (χ4n) is 3.00. The minimum Gasteiger partial charge on any atom is -0.357 e. The summed E-state index contributed by atoms with van der Waals surface area (Å²) in [5.74, 6) is 1.36. The van der Waals surface area contributed by atoms with Crippen molar-refractivity contribution in [3.05, 3.63) is 0 Å². The van der Waals surface area contributed by atoms with Crippen molar-refractivity contribution in [2.24, 2.45) is 10.9 Å². The molecule has 0 aromatic heterocycles. The molecule has 3 N–H and O–H groups in total. The van der Waals surface area contributed by atoms with Gasteiger partial charge < -0.3 is 16.0 Å².